The number of phenolic OH excluding ortho intramolecular Hbond substituents is 1. The highest BCUT2D eigenvalue weighted by Gasteiger charge is 2.35. The number of carbonyl (C=O) groups is 2. The van der Waals surface area contributed by atoms with E-state index in [1.54, 1.807) is 40.7 Å². The van der Waals surface area contributed by atoms with Crippen molar-refractivity contribution in [2.24, 2.45) is 0 Å². The summed E-state index contributed by atoms with van der Waals surface area (Å²) >= 11 is 0. The molecule has 1 N–H and O–H groups in total. The molecule has 166 valence electrons. The highest BCUT2D eigenvalue weighted by Crippen LogP contribution is 2.30. The molecule has 0 bridgehead atoms. The number of hydrogen-bond acceptors (Lipinski definition) is 5. The highest BCUT2D eigenvalue weighted by atomic mass is 19.1. The molecule has 0 saturated carbocycles. The molecule has 6 heteroatoms. The van der Waals surface area contributed by atoms with Crippen LogP contribution in [0.4, 0.5) is 4.39 Å². The number of halogens is 1. The smallest absolute Gasteiger partial charge is 0.350 e. The van der Waals surface area contributed by atoms with Crippen LogP contribution < -0.4 is 4.74 Å². The predicted molar refractivity (Wildman–Crippen MR) is 118 cm³/mol. The number of aromatic hydroxyl groups is 1. The molecule has 0 atom stereocenters. The van der Waals surface area contributed by atoms with E-state index in [-0.39, 0.29) is 11.3 Å². The van der Waals surface area contributed by atoms with Crippen LogP contribution in [0.25, 0.3) is 6.08 Å². The van der Waals surface area contributed by atoms with Crippen LogP contribution in [-0.4, -0.2) is 28.1 Å². The maximum atomic E-state index is 13.9. The topological polar surface area (TPSA) is 72.8 Å². The van der Waals surface area contributed by atoms with Gasteiger partial charge in [0.1, 0.15) is 22.9 Å². The second-order valence-corrected chi connectivity index (χ2v) is 8.96. The van der Waals surface area contributed by atoms with Gasteiger partial charge in [0.15, 0.2) is 11.4 Å². The third-order valence-corrected chi connectivity index (χ3v) is 4.38. The monoisotopic (exact) mass is 428 g/mol. The Morgan fingerprint density at radius 1 is 1.00 bits per heavy atom. The summed E-state index contributed by atoms with van der Waals surface area (Å²) in [5, 5.41) is 9.27. The van der Waals surface area contributed by atoms with Gasteiger partial charge in [0.2, 0.25) is 0 Å². The third-order valence-electron chi connectivity index (χ3n) is 4.38. The second-order valence-electron chi connectivity index (χ2n) is 8.96. The summed E-state index contributed by atoms with van der Waals surface area (Å²) in [6, 6.07) is 7.02. The largest absolute Gasteiger partial charge is 0.508 e. The van der Waals surface area contributed by atoms with E-state index in [1.165, 1.54) is 18.2 Å². The Morgan fingerprint density at radius 2 is 1.58 bits per heavy atom. The van der Waals surface area contributed by atoms with Crippen molar-refractivity contribution in [2.75, 3.05) is 0 Å². The maximum absolute atomic E-state index is 13.9. The highest BCUT2D eigenvalue weighted by molar-refractivity contribution is 6.07. The summed E-state index contributed by atoms with van der Waals surface area (Å²) in [6.45, 7) is 12.4. The van der Waals surface area contributed by atoms with E-state index < -0.39 is 28.8 Å². The summed E-state index contributed by atoms with van der Waals surface area (Å²) in [6.07, 6.45) is 2.85. The minimum atomic E-state index is -1.19. The first-order chi connectivity index (χ1) is 14.2. The molecule has 5 nitrogen and oxygen atoms in total. The Labute approximate surface area is 182 Å². The minimum Gasteiger partial charge on any atom is -0.508 e. The van der Waals surface area contributed by atoms with E-state index in [0.717, 1.165) is 22.8 Å². The third kappa shape index (κ3) is 6.41. The molecule has 0 unspecified atom stereocenters. The zero-order chi connectivity index (χ0) is 23.6. The van der Waals surface area contributed by atoms with Gasteiger partial charge in [-0.2, -0.15) is 0 Å². The molecule has 0 radical (unpaired) electrons. The van der Waals surface area contributed by atoms with Crippen molar-refractivity contribution < 1.29 is 28.6 Å². The van der Waals surface area contributed by atoms with Gasteiger partial charge in [-0.05, 0) is 95.5 Å². The number of esters is 1. The van der Waals surface area contributed by atoms with Crippen LogP contribution in [0.3, 0.4) is 0 Å². The molecule has 0 saturated heterocycles. The number of allylic oxidation sites excluding steroid dienone is 1. The average molecular weight is 429 g/mol. The fraction of sp³-hybridized carbons (Fsp3) is 0.360. The van der Waals surface area contributed by atoms with Crippen molar-refractivity contribution in [3.8, 4) is 11.5 Å². The van der Waals surface area contributed by atoms with Gasteiger partial charge in [-0.1, -0.05) is 6.08 Å². The molecular formula is C25H29FO5. The number of carbonyl (C=O) groups excluding carboxylic acids is 2. The number of ether oxygens (including phenoxy) is 2. The van der Waals surface area contributed by atoms with Crippen LogP contribution in [0.1, 0.15) is 61.7 Å². The van der Waals surface area contributed by atoms with Gasteiger partial charge in [0.05, 0.1) is 5.56 Å². The molecule has 2 aromatic rings. The molecule has 0 fully saturated rings. The van der Waals surface area contributed by atoms with E-state index in [0.29, 0.717) is 5.75 Å². The van der Waals surface area contributed by atoms with E-state index in [2.05, 4.69) is 0 Å². The number of ketones is 1. The zero-order valence-electron chi connectivity index (χ0n) is 19.0. The van der Waals surface area contributed by atoms with Crippen molar-refractivity contribution in [3.05, 3.63) is 64.5 Å². The van der Waals surface area contributed by atoms with Gasteiger partial charge in [-0.25, -0.2) is 9.18 Å². The number of aryl methyl sites for hydroxylation is 2. The Morgan fingerprint density at radius 3 is 2.10 bits per heavy atom. The summed E-state index contributed by atoms with van der Waals surface area (Å²) in [5.41, 5.74) is 0.345. The molecule has 0 aliphatic rings. The standard InChI is InChI=1S/C25H29FO5/c1-15-12-17(8-11-21(28)19-10-9-18(27)14-20(19)26)13-16(2)22(15)30-25(6,7)23(29)31-24(3,4)5/h8-14,27H,1-7H3. The van der Waals surface area contributed by atoms with Crippen molar-refractivity contribution >= 4 is 17.8 Å². The van der Waals surface area contributed by atoms with E-state index >= 15 is 0 Å². The second kappa shape index (κ2) is 8.92. The summed E-state index contributed by atoms with van der Waals surface area (Å²) < 4.78 is 25.3. The molecule has 0 heterocycles. The molecular weight excluding hydrogens is 399 g/mol. The molecule has 0 aliphatic heterocycles. The number of phenols is 1. The maximum Gasteiger partial charge on any atom is 0.350 e. The molecule has 31 heavy (non-hydrogen) atoms. The lowest BCUT2D eigenvalue weighted by atomic mass is 10.0. The first-order valence-corrected chi connectivity index (χ1v) is 9.94. The first-order valence-electron chi connectivity index (χ1n) is 9.94. The normalized spacial score (nSPS) is 12.1. The summed E-state index contributed by atoms with van der Waals surface area (Å²) in [7, 11) is 0. The molecule has 0 aromatic heterocycles. The van der Waals surface area contributed by atoms with Crippen LogP contribution in [0.15, 0.2) is 36.4 Å². The molecule has 0 amide bonds. The van der Waals surface area contributed by atoms with E-state index in [9.17, 15) is 19.1 Å². The van der Waals surface area contributed by atoms with Crippen LogP contribution in [0.5, 0.6) is 11.5 Å². The van der Waals surface area contributed by atoms with Crippen LogP contribution in [0.2, 0.25) is 0 Å². The Balaban J connectivity index is 2.22. The van der Waals surface area contributed by atoms with Crippen molar-refractivity contribution in [1.82, 2.24) is 0 Å². The van der Waals surface area contributed by atoms with Crippen molar-refractivity contribution in [1.29, 1.82) is 0 Å². The van der Waals surface area contributed by atoms with Crippen LogP contribution >= 0.6 is 0 Å². The lowest BCUT2D eigenvalue weighted by molar-refractivity contribution is -0.171. The molecule has 0 spiro atoms. The summed E-state index contributed by atoms with van der Waals surface area (Å²) in [5.74, 6) is -1.45. The van der Waals surface area contributed by atoms with Gasteiger partial charge in [0, 0.05) is 6.07 Å². The molecule has 0 aliphatic carbocycles. The fourth-order valence-electron chi connectivity index (χ4n) is 2.90. The van der Waals surface area contributed by atoms with Crippen LogP contribution in [0, 0.1) is 19.7 Å². The van der Waals surface area contributed by atoms with Gasteiger partial charge in [-0.3, -0.25) is 4.79 Å². The fourth-order valence-corrected chi connectivity index (χ4v) is 2.90. The number of rotatable bonds is 6. The van der Waals surface area contributed by atoms with Gasteiger partial charge in [0.25, 0.3) is 0 Å². The Hall–Kier alpha value is -3.15. The Bertz CT molecular complexity index is 1010. The van der Waals surface area contributed by atoms with Gasteiger partial charge in [-0.15, -0.1) is 0 Å². The predicted octanol–water partition coefficient (Wildman–Crippen LogP) is 5.54. The van der Waals surface area contributed by atoms with Crippen LogP contribution in [-0.2, 0) is 9.53 Å². The van der Waals surface area contributed by atoms with Crippen molar-refractivity contribution in [3.63, 3.8) is 0 Å². The molecule has 2 rings (SSSR count). The zero-order valence-corrected chi connectivity index (χ0v) is 19.0. The average Bonchev–Trinajstić information content (AvgIpc) is 2.61. The van der Waals surface area contributed by atoms with Gasteiger partial charge < -0.3 is 14.6 Å². The quantitative estimate of drug-likeness (QED) is 0.371. The Kier molecular flexibility index (Phi) is 6.94. The van der Waals surface area contributed by atoms with Gasteiger partial charge >= 0.3 is 5.97 Å². The van der Waals surface area contributed by atoms with E-state index in [4.69, 9.17) is 9.47 Å². The van der Waals surface area contributed by atoms with E-state index in [1.807, 2.05) is 26.0 Å². The SMILES string of the molecule is Cc1cc(C=CC(=O)c2ccc(O)cc2F)cc(C)c1OC(C)(C)C(=O)OC(C)(C)C. The number of hydrogen-bond donors (Lipinski definition) is 1. The van der Waals surface area contributed by atoms with Crippen molar-refractivity contribution in [2.45, 2.75) is 59.7 Å². The molecule has 2 aromatic carbocycles. The lowest BCUT2D eigenvalue weighted by Gasteiger charge is -2.30. The lowest BCUT2D eigenvalue weighted by Crippen LogP contribution is -2.43. The minimum absolute atomic E-state index is 0.124. The number of benzene rings is 2. The first kappa shape index (κ1) is 24.1. The summed E-state index contributed by atoms with van der Waals surface area (Å²) in [4.78, 5) is 24.8.